The van der Waals surface area contributed by atoms with Gasteiger partial charge in [0.1, 0.15) is 0 Å². The quantitative estimate of drug-likeness (QED) is 0.219. The highest BCUT2D eigenvalue weighted by Crippen LogP contribution is 2.30. The summed E-state index contributed by atoms with van der Waals surface area (Å²) in [5.74, 6) is -0.808. The van der Waals surface area contributed by atoms with Crippen molar-refractivity contribution in [2.75, 3.05) is 6.54 Å². The zero-order valence-corrected chi connectivity index (χ0v) is 22.7. The number of unbranched alkanes of at least 4 members (excludes halogenated alkanes) is 1. The number of carbonyl (C=O) groups is 1. The van der Waals surface area contributed by atoms with Gasteiger partial charge in [0, 0.05) is 39.9 Å². The van der Waals surface area contributed by atoms with Gasteiger partial charge in [0.25, 0.3) is 0 Å². The summed E-state index contributed by atoms with van der Waals surface area (Å²) in [7, 11) is -3.63. The zero-order valence-electron chi connectivity index (χ0n) is 19.7. The Labute approximate surface area is 220 Å². The highest BCUT2D eigenvalue weighted by atomic mass is 127. The van der Waals surface area contributed by atoms with Crippen molar-refractivity contribution in [3.63, 3.8) is 0 Å². The van der Waals surface area contributed by atoms with Gasteiger partial charge in [-0.05, 0) is 82.5 Å². The van der Waals surface area contributed by atoms with E-state index >= 15 is 0 Å². The molecule has 0 saturated heterocycles. The molecule has 3 aromatic rings. The van der Waals surface area contributed by atoms with E-state index < -0.39 is 21.4 Å². The number of nitrogens with one attached hydrogen (secondary N) is 1. The second-order valence-corrected chi connectivity index (χ2v) is 11.9. The predicted octanol–water partition coefficient (Wildman–Crippen LogP) is 5.63. The van der Waals surface area contributed by atoms with E-state index in [4.69, 9.17) is 5.11 Å². The Balaban J connectivity index is 1.84. The maximum absolute atomic E-state index is 12.8. The maximum Gasteiger partial charge on any atom is 0.303 e. The molecule has 0 atom stereocenters. The summed E-state index contributed by atoms with van der Waals surface area (Å²) in [6.07, 6.45) is 6.83. The summed E-state index contributed by atoms with van der Waals surface area (Å²) < 4.78 is 29.3. The first-order valence-corrected chi connectivity index (χ1v) is 13.8. The maximum atomic E-state index is 12.8. The molecule has 35 heavy (non-hydrogen) atoms. The normalized spacial score (nSPS) is 12.5. The molecule has 0 bridgehead atoms. The van der Waals surface area contributed by atoms with E-state index in [1.807, 2.05) is 50.3 Å². The molecule has 2 N–H and O–H groups in total. The van der Waals surface area contributed by atoms with Gasteiger partial charge in [-0.2, -0.15) is 0 Å². The fourth-order valence-corrected chi connectivity index (χ4v) is 5.18. The second kappa shape index (κ2) is 11.9. The molecule has 0 aliphatic carbocycles. The third-order valence-corrected chi connectivity index (χ3v) is 7.84. The number of benzene rings is 2. The summed E-state index contributed by atoms with van der Waals surface area (Å²) in [5.41, 5.74) is 3.40. The molecular weight excluding hydrogens is 575 g/mol. The smallest absolute Gasteiger partial charge is 0.303 e. The van der Waals surface area contributed by atoms with E-state index in [-0.39, 0.29) is 17.9 Å². The SMILES string of the molecule is CC(C)(CNS(=O)(=O)c1ccc(I)cc1)c1cccc(C(=CCCCC(=O)O)c2cccnc2)c1. The molecule has 2 aromatic carbocycles. The molecule has 0 spiro atoms. The lowest BCUT2D eigenvalue weighted by atomic mass is 9.83. The molecule has 1 aromatic heterocycles. The van der Waals surface area contributed by atoms with Crippen molar-refractivity contribution in [1.29, 1.82) is 0 Å². The number of carboxylic acid groups (broad SMARTS) is 1. The molecule has 0 saturated carbocycles. The minimum Gasteiger partial charge on any atom is -0.481 e. The number of aliphatic carboxylic acids is 1. The Bertz CT molecular complexity index is 1290. The van der Waals surface area contributed by atoms with Crippen LogP contribution in [0.1, 0.15) is 49.8 Å². The van der Waals surface area contributed by atoms with Crippen LogP contribution in [0.4, 0.5) is 0 Å². The number of aromatic nitrogens is 1. The molecule has 0 aliphatic rings. The summed E-state index contributed by atoms with van der Waals surface area (Å²) >= 11 is 2.14. The second-order valence-electron chi connectivity index (χ2n) is 8.89. The molecular formula is C27H29IN2O4S. The summed E-state index contributed by atoms with van der Waals surface area (Å²) in [6, 6.07) is 18.6. The largest absolute Gasteiger partial charge is 0.481 e. The van der Waals surface area contributed by atoms with Crippen LogP contribution in [0.5, 0.6) is 0 Å². The lowest BCUT2D eigenvalue weighted by Crippen LogP contribution is -2.36. The number of allylic oxidation sites excluding steroid dienone is 1. The van der Waals surface area contributed by atoms with E-state index in [0.29, 0.717) is 12.8 Å². The standard InChI is InChI=1S/C27H29IN2O4S/c1-27(2,19-30-35(33,34)24-14-12-23(28)13-15-24)22-9-5-7-20(17-22)25(10-3-4-11-26(31)32)21-8-6-16-29-18-21/h5-10,12-18,30H,3-4,11,19H2,1-2H3,(H,31,32). The van der Waals surface area contributed by atoms with E-state index in [2.05, 4.69) is 38.4 Å². The van der Waals surface area contributed by atoms with Gasteiger partial charge in [0.15, 0.2) is 0 Å². The van der Waals surface area contributed by atoms with Gasteiger partial charge in [-0.3, -0.25) is 9.78 Å². The highest BCUT2D eigenvalue weighted by Gasteiger charge is 2.25. The van der Waals surface area contributed by atoms with Crippen molar-refractivity contribution < 1.29 is 18.3 Å². The van der Waals surface area contributed by atoms with Crippen LogP contribution >= 0.6 is 22.6 Å². The number of hydrogen-bond donors (Lipinski definition) is 2. The molecule has 184 valence electrons. The number of carboxylic acids is 1. The Morgan fingerprint density at radius 2 is 1.80 bits per heavy atom. The van der Waals surface area contributed by atoms with Crippen LogP contribution in [0.3, 0.4) is 0 Å². The predicted molar refractivity (Wildman–Crippen MR) is 147 cm³/mol. The van der Waals surface area contributed by atoms with E-state index in [1.54, 1.807) is 36.7 Å². The fourth-order valence-electron chi connectivity index (χ4n) is 3.61. The molecule has 6 nitrogen and oxygen atoms in total. The van der Waals surface area contributed by atoms with Crippen molar-refractivity contribution in [3.8, 4) is 0 Å². The number of hydrogen-bond acceptors (Lipinski definition) is 4. The average Bonchev–Trinajstić information content (AvgIpc) is 2.84. The minimum absolute atomic E-state index is 0.116. The van der Waals surface area contributed by atoms with Gasteiger partial charge in [0.2, 0.25) is 10.0 Å². The first-order valence-electron chi connectivity index (χ1n) is 11.3. The van der Waals surface area contributed by atoms with Crippen molar-refractivity contribution in [2.24, 2.45) is 0 Å². The molecule has 3 rings (SSSR count). The zero-order chi connectivity index (χ0) is 25.5. The van der Waals surface area contributed by atoms with Crippen LogP contribution < -0.4 is 4.72 Å². The van der Waals surface area contributed by atoms with Gasteiger partial charge in [-0.1, -0.05) is 50.3 Å². The monoisotopic (exact) mass is 604 g/mol. The van der Waals surface area contributed by atoms with Gasteiger partial charge >= 0.3 is 5.97 Å². The lowest BCUT2D eigenvalue weighted by Gasteiger charge is -2.26. The summed E-state index contributed by atoms with van der Waals surface area (Å²) in [4.78, 5) is 15.4. The molecule has 0 aliphatic heterocycles. The number of sulfonamides is 1. The van der Waals surface area contributed by atoms with Crippen LogP contribution in [0, 0.1) is 3.57 Å². The van der Waals surface area contributed by atoms with E-state index in [1.165, 1.54) is 0 Å². The Morgan fingerprint density at radius 1 is 1.09 bits per heavy atom. The van der Waals surface area contributed by atoms with Crippen molar-refractivity contribution in [1.82, 2.24) is 9.71 Å². The van der Waals surface area contributed by atoms with Gasteiger partial charge in [0.05, 0.1) is 4.90 Å². The highest BCUT2D eigenvalue weighted by molar-refractivity contribution is 14.1. The molecule has 8 heteroatoms. The van der Waals surface area contributed by atoms with Crippen molar-refractivity contribution >= 4 is 44.2 Å². The van der Waals surface area contributed by atoms with E-state index in [9.17, 15) is 13.2 Å². The molecule has 0 unspecified atom stereocenters. The Hall–Kier alpha value is -2.56. The van der Waals surface area contributed by atoms with Crippen LogP contribution in [-0.2, 0) is 20.2 Å². The molecule has 0 fully saturated rings. The average molecular weight is 605 g/mol. The lowest BCUT2D eigenvalue weighted by molar-refractivity contribution is -0.137. The molecule has 0 amide bonds. The van der Waals surface area contributed by atoms with Crippen LogP contribution in [0.2, 0.25) is 0 Å². The Kier molecular flexibility index (Phi) is 9.21. The molecule has 0 radical (unpaired) electrons. The Morgan fingerprint density at radius 3 is 2.46 bits per heavy atom. The minimum atomic E-state index is -3.63. The summed E-state index contributed by atoms with van der Waals surface area (Å²) in [6.45, 7) is 4.24. The number of pyridine rings is 1. The third-order valence-electron chi connectivity index (χ3n) is 5.70. The fraction of sp³-hybridized carbons (Fsp3) is 0.259. The third kappa shape index (κ3) is 7.71. The number of halogens is 1. The van der Waals surface area contributed by atoms with Gasteiger partial charge < -0.3 is 5.11 Å². The van der Waals surface area contributed by atoms with Crippen LogP contribution in [0.15, 0.2) is 84.0 Å². The first kappa shape index (κ1) is 27.0. The van der Waals surface area contributed by atoms with Gasteiger partial charge in [-0.15, -0.1) is 0 Å². The number of rotatable bonds is 11. The summed E-state index contributed by atoms with van der Waals surface area (Å²) in [5, 5.41) is 8.95. The first-order chi connectivity index (χ1) is 16.6. The molecule has 1 heterocycles. The van der Waals surface area contributed by atoms with E-state index in [0.717, 1.165) is 25.8 Å². The van der Waals surface area contributed by atoms with Crippen LogP contribution in [-0.4, -0.2) is 31.0 Å². The van der Waals surface area contributed by atoms with Gasteiger partial charge in [-0.25, -0.2) is 13.1 Å². The van der Waals surface area contributed by atoms with Crippen LogP contribution in [0.25, 0.3) is 5.57 Å². The van der Waals surface area contributed by atoms with Crippen molar-refractivity contribution in [3.05, 3.63) is 99.4 Å². The topological polar surface area (TPSA) is 96.4 Å². The number of nitrogens with zero attached hydrogens (tertiary/aromatic N) is 1. The van der Waals surface area contributed by atoms with Crippen molar-refractivity contribution in [2.45, 2.75) is 43.4 Å².